The second-order valence-corrected chi connectivity index (χ2v) is 3.63. The van der Waals surface area contributed by atoms with E-state index in [4.69, 9.17) is 15.7 Å². The van der Waals surface area contributed by atoms with E-state index in [0.717, 1.165) is 11.3 Å². The van der Waals surface area contributed by atoms with Gasteiger partial charge in [-0.2, -0.15) is 10.2 Å². The zero-order valence-corrected chi connectivity index (χ0v) is 9.71. The molecule has 0 aliphatic carbocycles. The fraction of sp³-hybridized carbons (Fsp3) is 0.154. The molecule has 2 aromatic rings. The van der Waals surface area contributed by atoms with Crippen molar-refractivity contribution in [1.29, 1.82) is 5.26 Å². The Hall–Kier alpha value is -2.61. The maximum Gasteiger partial charge on any atom is 0.317 e. The third-order valence-corrected chi connectivity index (χ3v) is 2.41. The quantitative estimate of drug-likeness (QED) is 0.819. The van der Waals surface area contributed by atoms with Gasteiger partial charge >= 0.3 is 6.01 Å². The summed E-state index contributed by atoms with van der Waals surface area (Å²) in [6.07, 6.45) is 2.17. The number of ether oxygens (including phenoxy) is 1. The molecule has 2 rings (SSSR count). The van der Waals surface area contributed by atoms with Gasteiger partial charge in [0.1, 0.15) is 11.8 Å². The number of hydrogen-bond acceptors (Lipinski definition) is 5. The van der Waals surface area contributed by atoms with Crippen LogP contribution in [0.3, 0.4) is 0 Å². The Balaban J connectivity index is 1.93. The highest BCUT2D eigenvalue weighted by molar-refractivity contribution is 5.46. The van der Waals surface area contributed by atoms with Gasteiger partial charge in [-0.25, -0.2) is 4.98 Å². The molecule has 0 atom stereocenters. The zero-order valence-electron chi connectivity index (χ0n) is 9.71. The van der Waals surface area contributed by atoms with Gasteiger partial charge in [-0.05, 0) is 17.7 Å². The highest BCUT2D eigenvalue weighted by Crippen LogP contribution is 2.11. The van der Waals surface area contributed by atoms with Crippen molar-refractivity contribution in [2.75, 3.05) is 12.3 Å². The Morgan fingerprint density at radius 1 is 1.28 bits per heavy atom. The maximum absolute atomic E-state index is 8.69. The summed E-state index contributed by atoms with van der Waals surface area (Å²) in [6.45, 7) is 0.420. The molecule has 0 saturated carbocycles. The monoisotopic (exact) mass is 240 g/mol. The number of benzene rings is 1. The SMILES string of the molecule is N#Cc1ccnc(OCCc2ccccc2N)n1. The van der Waals surface area contributed by atoms with E-state index in [0.29, 0.717) is 18.7 Å². The molecule has 1 aromatic carbocycles. The van der Waals surface area contributed by atoms with E-state index >= 15 is 0 Å². The number of nitriles is 1. The van der Waals surface area contributed by atoms with Crippen molar-refractivity contribution in [3.63, 3.8) is 0 Å². The van der Waals surface area contributed by atoms with E-state index in [1.807, 2.05) is 30.3 Å². The Morgan fingerprint density at radius 2 is 2.11 bits per heavy atom. The van der Waals surface area contributed by atoms with E-state index in [1.54, 1.807) is 0 Å². The molecule has 0 radical (unpaired) electrons. The molecule has 0 saturated heterocycles. The van der Waals surface area contributed by atoms with Crippen LogP contribution >= 0.6 is 0 Å². The first kappa shape index (κ1) is 11.9. The summed E-state index contributed by atoms with van der Waals surface area (Å²) >= 11 is 0. The number of nitrogen functional groups attached to an aromatic ring is 1. The summed E-state index contributed by atoms with van der Waals surface area (Å²) in [5.74, 6) is 0. The Kier molecular flexibility index (Phi) is 3.72. The van der Waals surface area contributed by atoms with Crippen LogP contribution in [0.2, 0.25) is 0 Å². The van der Waals surface area contributed by atoms with E-state index in [2.05, 4.69) is 9.97 Å². The normalized spacial score (nSPS) is 9.72. The molecule has 0 bridgehead atoms. The first-order chi connectivity index (χ1) is 8.79. The summed E-state index contributed by atoms with van der Waals surface area (Å²) in [5.41, 5.74) is 7.87. The van der Waals surface area contributed by atoms with Gasteiger partial charge < -0.3 is 10.5 Å². The molecule has 1 heterocycles. The van der Waals surface area contributed by atoms with Crippen LogP contribution in [0.5, 0.6) is 6.01 Å². The molecule has 0 unspecified atom stereocenters. The van der Waals surface area contributed by atoms with Crippen molar-refractivity contribution in [3.8, 4) is 12.1 Å². The van der Waals surface area contributed by atoms with Gasteiger partial charge in [0.2, 0.25) is 0 Å². The average molecular weight is 240 g/mol. The van der Waals surface area contributed by atoms with Gasteiger partial charge in [0.15, 0.2) is 0 Å². The lowest BCUT2D eigenvalue weighted by molar-refractivity contribution is 0.296. The number of nitrogens with two attached hydrogens (primary N) is 1. The minimum absolute atomic E-state index is 0.212. The number of anilines is 1. The van der Waals surface area contributed by atoms with Crippen LogP contribution in [0.15, 0.2) is 36.5 Å². The van der Waals surface area contributed by atoms with E-state index in [-0.39, 0.29) is 6.01 Å². The van der Waals surface area contributed by atoms with Crippen LogP contribution in [-0.4, -0.2) is 16.6 Å². The molecule has 0 fully saturated rings. The molecule has 5 nitrogen and oxygen atoms in total. The number of rotatable bonds is 4. The Labute approximate surface area is 105 Å². The molecule has 18 heavy (non-hydrogen) atoms. The van der Waals surface area contributed by atoms with Crippen LogP contribution in [-0.2, 0) is 6.42 Å². The van der Waals surface area contributed by atoms with Crippen molar-refractivity contribution in [2.45, 2.75) is 6.42 Å². The van der Waals surface area contributed by atoms with E-state index < -0.39 is 0 Å². The third kappa shape index (κ3) is 2.95. The zero-order chi connectivity index (χ0) is 12.8. The minimum Gasteiger partial charge on any atom is -0.463 e. The summed E-state index contributed by atoms with van der Waals surface area (Å²) < 4.78 is 5.38. The minimum atomic E-state index is 0.212. The Morgan fingerprint density at radius 3 is 2.89 bits per heavy atom. The predicted molar refractivity (Wildman–Crippen MR) is 66.8 cm³/mol. The van der Waals surface area contributed by atoms with Gasteiger partial charge in [0, 0.05) is 18.3 Å². The predicted octanol–water partition coefficient (Wildman–Crippen LogP) is 1.55. The first-order valence-corrected chi connectivity index (χ1v) is 5.49. The number of para-hydroxylation sites is 1. The molecular weight excluding hydrogens is 228 g/mol. The first-order valence-electron chi connectivity index (χ1n) is 5.49. The fourth-order valence-electron chi connectivity index (χ4n) is 1.49. The largest absolute Gasteiger partial charge is 0.463 e. The smallest absolute Gasteiger partial charge is 0.317 e. The van der Waals surface area contributed by atoms with Gasteiger partial charge in [0.05, 0.1) is 6.61 Å². The summed E-state index contributed by atoms with van der Waals surface area (Å²) in [5, 5.41) is 8.69. The van der Waals surface area contributed by atoms with Gasteiger partial charge in [-0.3, -0.25) is 0 Å². The molecule has 90 valence electrons. The number of hydrogen-bond donors (Lipinski definition) is 1. The van der Waals surface area contributed by atoms with Crippen LogP contribution in [0.4, 0.5) is 5.69 Å². The number of nitrogens with zero attached hydrogens (tertiary/aromatic N) is 3. The lowest BCUT2D eigenvalue weighted by Crippen LogP contribution is -2.06. The van der Waals surface area contributed by atoms with Crippen LogP contribution in [0.1, 0.15) is 11.3 Å². The highest BCUT2D eigenvalue weighted by Gasteiger charge is 2.01. The summed E-state index contributed by atoms with van der Waals surface area (Å²) in [6, 6.07) is 11.3. The fourth-order valence-corrected chi connectivity index (χ4v) is 1.49. The molecule has 0 aliphatic rings. The second kappa shape index (κ2) is 5.64. The van der Waals surface area contributed by atoms with E-state index in [1.165, 1.54) is 12.3 Å². The topological polar surface area (TPSA) is 84.8 Å². The van der Waals surface area contributed by atoms with E-state index in [9.17, 15) is 0 Å². The van der Waals surface area contributed by atoms with Gasteiger partial charge in [0.25, 0.3) is 0 Å². The van der Waals surface area contributed by atoms with Crippen molar-refractivity contribution in [2.24, 2.45) is 0 Å². The lowest BCUT2D eigenvalue weighted by atomic mass is 10.1. The Bertz CT molecular complexity index is 577. The molecule has 1 aromatic heterocycles. The molecule has 0 spiro atoms. The van der Waals surface area contributed by atoms with Crippen molar-refractivity contribution in [3.05, 3.63) is 47.8 Å². The molecular formula is C13H12N4O. The second-order valence-electron chi connectivity index (χ2n) is 3.63. The standard InChI is InChI=1S/C13H12N4O/c14-9-11-5-7-16-13(17-11)18-8-6-10-3-1-2-4-12(10)15/h1-5,7H,6,8,15H2. The lowest BCUT2D eigenvalue weighted by Gasteiger charge is -2.06. The van der Waals surface area contributed by atoms with Crippen LogP contribution < -0.4 is 10.5 Å². The summed E-state index contributed by atoms with van der Waals surface area (Å²) in [7, 11) is 0. The van der Waals surface area contributed by atoms with Crippen molar-refractivity contribution < 1.29 is 4.74 Å². The molecule has 2 N–H and O–H groups in total. The highest BCUT2D eigenvalue weighted by atomic mass is 16.5. The summed E-state index contributed by atoms with van der Waals surface area (Å²) in [4.78, 5) is 7.84. The molecule has 5 heteroatoms. The van der Waals surface area contributed by atoms with Crippen molar-refractivity contribution in [1.82, 2.24) is 9.97 Å². The third-order valence-electron chi connectivity index (χ3n) is 2.41. The molecule has 0 aliphatic heterocycles. The number of aromatic nitrogens is 2. The average Bonchev–Trinajstić information content (AvgIpc) is 2.41. The molecule has 0 amide bonds. The maximum atomic E-state index is 8.69. The van der Waals surface area contributed by atoms with Gasteiger partial charge in [-0.1, -0.05) is 18.2 Å². The van der Waals surface area contributed by atoms with Crippen LogP contribution in [0.25, 0.3) is 0 Å². The van der Waals surface area contributed by atoms with Crippen LogP contribution in [0, 0.1) is 11.3 Å². The van der Waals surface area contributed by atoms with Crippen molar-refractivity contribution >= 4 is 5.69 Å². The van der Waals surface area contributed by atoms with Gasteiger partial charge in [-0.15, -0.1) is 0 Å².